The Hall–Kier alpha value is -5.19. The molecule has 1 fully saturated rings. The van der Waals surface area contributed by atoms with Gasteiger partial charge in [-0.3, -0.25) is 24.0 Å². The van der Waals surface area contributed by atoms with E-state index in [1.54, 1.807) is 103 Å². The molecule has 1 heterocycles. The number of imide groups is 1. The van der Waals surface area contributed by atoms with E-state index in [9.17, 15) is 24.0 Å². The molecule has 0 radical (unpaired) electrons. The summed E-state index contributed by atoms with van der Waals surface area (Å²) in [6, 6.07) is 28.8. The van der Waals surface area contributed by atoms with Crippen LogP contribution in [0.5, 0.6) is 0 Å². The molecule has 1 unspecified atom stereocenters. The van der Waals surface area contributed by atoms with E-state index >= 15 is 0 Å². The summed E-state index contributed by atoms with van der Waals surface area (Å²) in [4.78, 5) is 65.2. The molecule has 226 valence electrons. The molecule has 4 aromatic rings. The van der Waals surface area contributed by atoms with E-state index < -0.39 is 17.1 Å². The van der Waals surface area contributed by atoms with Crippen LogP contribution in [-0.2, 0) is 19.2 Å². The van der Waals surface area contributed by atoms with Gasteiger partial charge in [-0.25, -0.2) is 4.90 Å². The number of hydrogen-bond acceptors (Lipinski definition) is 6. The minimum Gasteiger partial charge on any atom is -0.326 e. The van der Waals surface area contributed by atoms with Crippen LogP contribution < -0.4 is 20.9 Å². The van der Waals surface area contributed by atoms with Crippen molar-refractivity contribution in [2.24, 2.45) is 0 Å². The minimum absolute atomic E-state index is 0.00401. The van der Waals surface area contributed by atoms with Crippen LogP contribution in [0.3, 0.4) is 0 Å². The van der Waals surface area contributed by atoms with Crippen molar-refractivity contribution in [3.63, 3.8) is 0 Å². The van der Waals surface area contributed by atoms with Crippen LogP contribution in [0.1, 0.15) is 29.3 Å². The van der Waals surface area contributed by atoms with E-state index in [1.165, 1.54) is 24.8 Å². The molecular weight excluding hydrogens is 612 g/mol. The maximum atomic E-state index is 13.3. The molecule has 0 aromatic heterocycles. The Morgan fingerprint density at radius 2 is 1.44 bits per heavy atom. The highest BCUT2D eigenvalue weighted by Gasteiger charge is 2.40. The molecule has 45 heavy (non-hydrogen) atoms. The molecule has 1 saturated heterocycles. The largest absolute Gasteiger partial charge is 0.326 e. The topological polar surface area (TPSA) is 125 Å². The summed E-state index contributed by atoms with van der Waals surface area (Å²) in [6.45, 7) is 1.40. The van der Waals surface area contributed by atoms with Crippen molar-refractivity contribution in [2.45, 2.75) is 23.5 Å². The molecule has 0 spiro atoms. The van der Waals surface area contributed by atoms with E-state index in [0.29, 0.717) is 33.2 Å². The third-order valence-corrected chi connectivity index (χ3v) is 8.22. The fraction of sp³-hybridized carbons (Fsp3) is 0.0882. The summed E-state index contributed by atoms with van der Waals surface area (Å²) >= 11 is 7.56. The predicted octanol–water partition coefficient (Wildman–Crippen LogP) is 6.13. The predicted molar refractivity (Wildman–Crippen MR) is 176 cm³/mol. The Labute approximate surface area is 268 Å². The van der Waals surface area contributed by atoms with Crippen molar-refractivity contribution >= 4 is 76.0 Å². The van der Waals surface area contributed by atoms with Crippen LogP contribution in [0, 0.1) is 0 Å². The van der Waals surface area contributed by atoms with Gasteiger partial charge in [0.2, 0.25) is 17.7 Å². The van der Waals surface area contributed by atoms with Crippen molar-refractivity contribution < 1.29 is 24.0 Å². The maximum absolute atomic E-state index is 13.3. The highest BCUT2D eigenvalue weighted by atomic mass is 35.5. The number of halogens is 1. The lowest BCUT2D eigenvalue weighted by Crippen LogP contribution is -2.31. The van der Waals surface area contributed by atoms with Crippen molar-refractivity contribution in [3.05, 3.63) is 125 Å². The fourth-order valence-corrected chi connectivity index (χ4v) is 5.78. The SMILES string of the molecule is CC(=O)Nc1ccc(N2C(=O)CC(Sc3ccc(NC(=O)/C(=C/c4ccccc4Cl)NC(=O)c4ccccc4)cc3)C2=O)cc1. The number of carbonyl (C=O) groups is 5. The van der Waals surface area contributed by atoms with Gasteiger partial charge < -0.3 is 16.0 Å². The normalized spacial score (nSPS) is 14.7. The molecule has 0 aliphatic carbocycles. The molecule has 1 aliphatic rings. The number of rotatable bonds is 9. The van der Waals surface area contributed by atoms with E-state index in [-0.39, 0.29) is 29.8 Å². The Morgan fingerprint density at radius 1 is 0.822 bits per heavy atom. The quantitative estimate of drug-likeness (QED) is 0.150. The summed E-state index contributed by atoms with van der Waals surface area (Å²) in [6.07, 6.45) is 1.54. The molecular formula is C34H27ClN4O5S. The van der Waals surface area contributed by atoms with Gasteiger partial charge in [-0.05, 0) is 78.4 Å². The van der Waals surface area contributed by atoms with Gasteiger partial charge in [-0.15, -0.1) is 11.8 Å². The maximum Gasteiger partial charge on any atom is 0.272 e. The highest BCUT2D eigenvalue weighted by Crippen LogP contribution is 2.35. The number of nitrogens with zero attached hydrogens (tertiary/aromatic N) is 1. The first-order valence-electron chi connectivity index (χ1n) is 13.8. The lowest BCUT2D eigenvalue weighted by atomic mass is 10.1. The van der Waals surface area contributed by atoms with Gasteiger partial charge in [-0.2, -0.15) is 0 Å². The molecule has 1 aliphatic heterocycles. The second-order valence-electron chi connectivity index (χ2n) is 9.98. The van der Waals surface area contributed by atoms with Crippen molar-refractivity contribution in [2.75, 3.05) is 15.5 Å². The molecule has 9 nitrogen and oxygen atoms in total. The van der Waals surface area contributed by atoms with E-state index in [1.807, 2.05) is 0 Å². The molecule has 11 heteroatoms. The standard InChI is InChI=1S/C34H27ClN4O5S/c1-21(40)36-24-11-15-26(16-12-24)39-31(41)20-30(34(39)44)45-27-17-13-25(14-18-27)37-33(43)29(19-23-9-5-6-10-28(23)35)38-32(42)22-7-3-2-4-8-22/h2-19,30H,20H2,1H3,(H,36,40)(H,37,43)(H,38,42)/b29-19-. The molecule has 0 saturated carbocycles. The summed E-state index contributed by atoms with van der Waals surface area (Å²) in [5.41, 5.74) is 2.39. The second-order valence-corrected chi connectivity index (χ2v) is 11.7. The Kier molecular flexibility index (Phi) is 9.76. The summed E-state index contributed by atoms with van der Waals surface area (Å²) < 4.78 is 0. The average Bonchev–Trinajstić information content (AvgIpc) is 3.31. The third-order valence-electron chi connectivity index (χ3n) is 6.68. The van der Waals surface area contributed by atoms with Gasteiger partial charge in [0.25, 0.3) is 11.8 Å². The van der Waals surface area contributed by atoms with Crippen LogP contribution in [0.2, 0.25) is 5.02 Å². The van der Waals surface area contributed by atoms with Gasteiger partial charge >= 0.3 is 0 Å². The highest BCUT2D eigenvalue weighted by molar-refractivity contribution is 8.00. The zero-order valence-electron chi connectivity index (χ0n) is 24.0. The zero-order chi connectivity index (χ0) is 31.9. The first kappa shape index (κ1) is 31.2. The first-order chi connectivity index (χ1) is 21.7. The van der Waals surface area contributed by atoms with Gasteiger partial charge in [0.15, 0.2) is 0 Å². The monoisotopic (exact) mass is 638 g/mol. The van der Waals surface area contributed by atoms with Gasteiger partial charge in [0.05, 0.1) is 10.9 Å². The Bertz CT molecular complexity index is 1790. The molecule has 3 N–H and O–H groups in total. The summed E-state index contributed by atoms with van der Waals surface area (Å²) in [5, 5.41) is 7.92. The third kappa shape index (κ3) is 7.86. The number of nitrogens with one attached hydrogen (secondary N) is 3. The van der Waals surface area contributed by atoms with Crippen molar-refractivity contribution in [1.82, 2.24) is 5.32 Å². The van der Waals surface area contributed by atoms with Crippen molar-refractivity contribution in [3.8, 4) is 0 Å². The van der Waals surface area contributed by atoms with E-state index in [4.69, 9.17) is 11.6 Å². The van der Waals surface area contributed by atoms with Crippen LogP contribution in [0.4, 0.5) is 17.1 Å². The lowest BCUT2D eigenvalue weighted by molar-refractivity contribution is -0.121. The van der Waals surface area contributed by atoms with Crippen molar-refractivity contribution in [1.29, 1.82) is 0 Å². The second kappa shape index (κ2) is 14.1. The average molecular weight is 639 g/mol. The minimum atomic E-state index is -0.619. The Morgan fingerprint density at radius 3 is 2.11 bits per heavy atom. The van der Waals surface area contributed by atoms with Crippen LogP contribution in [0.15, 0.2) is 114 Å². The number of amides is 5. The number of anilines is 3. The summed E-state index contributed by atoms with van der Waals surface area (Å²) in [7, 11) is 0. The van der Waals surface area contributed by atoms with Gasteiger partial charge in [0, 0.05) is 40.2 Å². The van der Waals surface area contributed by atoms with E-state index in [2.05, 4.69) is 16.0 Å². The zero-order valence-corrected chi connectivity index (χ0v) is 25.5. The fourth-order valence-electron chi connectivity index (χ4n) is 4.53. The number of carbonyl (C=O) groups excluding carboxylic acids is 5. The molecule has 5 amide bonds. The number of thioether (sulfide) groups is 1. The smallest absolute Gasteiger partial charge is 0.272 e. The summed E-state index contributed by atoms with van der Waals surface area (Å²) in [5.74, 6) is -1.88. The Balaban J connectivity index is 1.26. The van der Waals surface area contributed by atoms with Crippen LogP contribution in [-0.4, -0.2) is 34.8 Å². The van der Waals surface area contributed by atoms with Gasteiger partial charge in [0.1, 0.15) is 5.70 Å². The molecule has 0 bridgehead atoms. The van der Waals surface area contributed by atoms with E-state index in [0.717, 1.165) is 9.80 Å². The number of benzene rings is 4. The molecule has 1 atom stereocenters. The molecule has 5 rings (SSSR count). The molecule has 4 aromatic carbocycles. The van der Waals surface area contributed by atoms with Gasteiger partial charge in [-0.1, -0.05) is 48.0 Å². The van der Waals surface area contributed by atoms with Crippen LogP contribution in [0.25, 0.3) is 6.08 Å². The first-order valence-corrected chi connectivity index (χ1v) is 15.1. The number of hydrogen-bond donors (Lipinski definition) is 3. The van der Waals surface area contributed by atoms with Crippen LogP contribution >= 0.6 is 23.4 Å². The lowest BCUT2D eigenvalue weighted by Gasteiger charge is -2.15.